The summed E-state index contributed by atoms with van der Waals surface area (Å²) in [4.78, 5) is 26.0. The molecule has 5 heteroatoms. The van der Waals surface area contributed by atoms with Crippen LogP contribution in [0, 0.1) is 0 Å². The van der Waals surface area contributed by atoms with E-state index < -0.39 is 11.5 Å². The number of amides is 2. The number of carboxylic acids is 1. The molecule has 1 heterocycles. The molecule has 1 saturated heterocycles. The molecule has 0 spiro atoms. The zero-order valence-electron chi connectivity index (χ0n) is 10.2. The smallest absolute Gasteiger partial charge is 0.323 e. The monoisotopic (exact) mass is 228 g/mol. The van der Waals surface area contributed by atoms with E-state index >= 15 is 0 Å². The van der Waals surface area contributed by atoms with E-state index in [0.29, 0.717) is 0 Å². The molecule has 0 radical (unpaired) electrons. The van der Waals surface area contributed by atoms with Gasteiger partial charge in [0.05, 0.1) is 0 Å². The van der Waals surface area contributed by atoms with Gasteiger partial charge < -0.3 is 14.9 Å². The van der Waals surface area contributed by atoms with Crippen LogP contribution in [0.15, 0.2) is 0 Å². The number of hydrogen-bond donors (Lipinski definition) is 1. The minimum absolute atomic E-state index is 0.160. The summed E-state index contributed by atoms with van der Waals surface area (Å²) in [6, 6.07) is -0.160. The molecular formula is C11H20N2O3. The van der Waals surface area contributed by atoms with E-state index in [1.54, 1.807) is 4.90 Å². The fraction of sp³-hybridized carbons (Fsp3) is 0.818. The maximum absolute atomic E-state index is 12.1. The van der Waals surface area contributed by atoms with Gasteiger partial charge in [0.25, 0.3) is 0 Å². The summed E-state index contributed by atoms with van der Waals surface area (Å²) < 4.78 is 0. The summed E-state index contributed by atoms with van der Waals surface area (Å²) in [5.74, 6) is -0.970. The number of aliphatic carboxylic acids is 1. The SMILES string of the molecule is CC(C)(C)N(CC(=O)O)C(=O)N1CCCC1. The third-order valence-corrected chi connectivity index (χ3v) is 2.71. The Bertz CT molecular complexity index is 277. The Morgan fingerprint density at radius 2 is 1.75 bits per heavy atom. The van der Waals surface area contributed by atoms with Gasteiger partial charge in [-0.05, 0) is 33.6 Å². The van der Waals surface area contributed by atoms with Crippen molar-refractivity contribution in [1.82, 2.24) is 9.80 Å². The summed E-state index contributed by atoms with van der Waals surface area (Å²) in [5, 5.41) is 8.83. The lowest BCUT2D eigenvalue weighted by atomic mass is 10.1. The Labute approximate surface area is 96.0 Å². The van der Waals surface area contributed by atoms with Crippen LogP contribution in [0.3, 0.4) is 0 Å². The van der Waals surface area contributed by atoms with E-state index in [2.05, 4.69) is 0 Å². The molecule has 1 aliphatic heterocycles. The van der Waals surface area contributed by atoms with Crippen molar-refractivity contribution in [2.24, 2.45) is 0 Å². The summed E-state index contributed by atoms with van der Waals surface area (Å²) in [6.07, 6.45) is 2.02. The van der Waals surface area contributed by atoms with Crippen LogP contribution in [0.25, 0.3) is 0 Å². The second kappa shape index (κ2) is 4.72. The predicted octanol–water partition coefficient (Wildman–Crippen LogP) is 1.39. The second-order valence-electron chi connectivity index (χ2n) is 5.13. The molecule has 0 unspecified atom stereocenters. The Morgan fingerprint density at radius 3 is 2.12 bits per heavy atom. The van der Waals surface area contributed by atoms with Crippen LogP contribution in [0.2, 0.25) is 0 Å². The average molecular weight is 228 g/mol. The largest absolute Gasteiger partial charge is 0.480 e. The third-order valence-electron chi connectivity index (χ3n) is 2.71. The molecule has 0 aromatic heterocycles. The van der Waals surface area contributed by atoms with Crippen molar-refractivity contribution in [2.45, 2.75) is 39.2 Å². The Balaban J connectivity index is 2.75. The van der Waals surface area contributed by atoms with Gasteiger partial charge >= 0.3 is 12.0 Å². The number of rotatable bonds is 2. The fourth-order valence-corrected chi connectivity index (χ4v) is 1.81. The van der Waals surface area contributed by atoms with Gasteiger partial charge in [-0.3, -0.25) is 4.79 Å². The molecule has 2 amide bonds. The van der Waals surface area contributed by atoms with Crippen molar-refractivity contribution in [2.75, 3.05) is 19.6 Å². The highest BCUT2D eigenvalue weighted by molar-refractivity contribution is 5.81. The highest BCUT2D eigenvalue weighted by Crippen LogP contribution is 2.18. The van der Waals surface area contributed by atoms with Gasteiger partial charge in [-0.1, -0.05) is 0 Å². The van der Waals surface area contributed by atoms with E-state index in [1.165, 1.54) is 4.90 Å². The number of hydrogen-bond acceptors (Lipinski definition) is 2. The number of carboxylic acid groups (broad SMARTS) is 1. The van der Waals surface area contributed by atoms with Gasteiger partial charge in [-0.15, -0.1) is 0 Å². The summed E-state index contributed by atoms with van der Waals surface area (Å²) in [7, 11) is 0. The zero-order chi connectivity index (χ0) is 12.3. The summed E-state index contributed by atoms with van der Waals surface area (Å²) in [6.45, 7) is 6.80. The molecule has 1 fully saturated rings. The van der Waals surface area contributed by atoms with Crippen LogP contribution in [-0.2, 0) is 4.79 Å². The van der Waals surface area contributed by atoms with E-state index in [0.717, 1.165) is 25.9 Å². The number of nitrogens with zero attached hydrogens (tertiary/aromatic N) is 2. The molecule has 92 valence electrons. The van der Waals surface area contributed by atoms with Crippen molar-refractivity contribution in [3.05, 3.63) is 0 Å². The fourth-order valence-electron chi connectivity index (χ4n) is 1.81. The van der Waals surface area contributed by atoms with Crippen LogP contribution in [0.4, 0.5) is 4.79 Å². The lowest BCUT2D eigenvalue weighted by Crippen LogP contribution is -2.53. The van der Waals surface area contributed by atoms with Gasteiger partial charge in [-0.2, -0.15) is 0 Å². The first-order valence-corrected chi connectivity index (χ1v) is 5.60. The van der Waals surface area contributed by atoms with Crippen molar-refractivity contribution in [1.29, 1.82) is 0 Å². The van der Waals surface area contributed by atoms with Gasteiger partial charge in [0.2, 0.25) is 0 Å². The Hall–Kier alpha value is -1.26. The molecule has 0 aliphatic carbocycles. The van der Waals surface area contributed by atoms with Crippen molar-refractivity contribution in [3.8, 4) is 0 Å². The first kappa shape index (κ1) is 12.8. The zero-order valence-corrected chi connectivity index (χ0v) is 10.2. The average Bonchev–Trinajstić information content (AvgIpc) is 2.63. The molecular weight excluding hydrogens is 208 g/mol. The van der Waals surface area contributed by atoms with Gasteiger partial charge in [0, 0.05) is 18.6 Å². The molecule has 0 aromatic carbocycles. The maximum Gasteiger partial charge on any atom is 0.323 e. The van der Waals surface area contributed by atoms with E-state index in [1.807, 2.05) is 20.8 Å². The van der Waals surface area contributed by atoms with Gasteiger partial charge in [-0.25, -0.2) is 4.79 Å². The van der Waals surface area contributed by atoms with Crippen LogP contribution in [0.1, 0.15) is 33.6 Å². The number of carbonyl (C=O) groups excluding carboxylic acids is 1. The lowest BCUT2D eigenvalue weighted by Gasteiger charge is -2.37. The normalized spacial score (nSPS) is 16.3. The second-order valence-corrected chi connectivity index (χ2v) is 5.13. The van der Waals surface area contributed by atoms with E-state index in [9.17, 15) is 9.59 Å². The molecule has 1 rings (SSSR count). The first-order chi connectivity index (χ1) is 7.32. The molecule has 0 saturated carbocycles. The Kier molecular flexibility index (Phi) is 3.78. The molecule has 16 heavy (non-hydrogen) atoms. The maximum atomic E-state index is 12.1. The van der Waals surface area contributed by atoms with Crippen LogP contribution < -0.4 is 0 Å². The molecule has 0 bridgehead atoms. The van der Waals surface area contributed by atoms with Crippen LogP contribution in [0.5, 0.6) is 0 Å². The third kappa shape index (κ3) is 3.12. The number of likely N-dealkylation sites (tertiary alicyclic amines) is 1. The number of carbonyl (C=O) groups is 2. The van der Waals surface area contributed by atoms with Gasteiger partial charge in [0.1, 0.15) is 6.54 Å². The molecule has 0 atom stereocenters. The quantitative estimate of drug-likeness (QED) is 0.776. The minimum atomic E-state index is -0.970. The highest BCUT2D eigenvalue weighted by Gasteiger charge is 2.32. The Morgan fingerprint density at radius 1 is 1.25 bits per heavy atom. The molecule has 1 N–H and O–H groups in total. The standard InChI is InChI=1S/C11H20N2O3/c1-11(2,3)13(8-9(14)15)10(16)12-6-4-5-7-12/h4-8H2,1-3H3,(H,14,15). The van der Waals surface area contributed by atoms with E-state index in [4.69, 9.17) is 5.11 Å². The predicted molar refractivity (Wildman–Crippen MR) is 60.3 cm³/mol. The molecule has 1 aliphatic rings. The first-order valence-electron chi connectivity index (χ1n) is 5.60. The highest BCUT2D eigenvalue weighted by atomic mass is 16.4. The lowest BCUT2D eigenvalue weighted by molar-refractivity contribution is -0.138. The minimum Gasteiger partial charge on any atom is -0.480 e. The van der Waals surface area contributed by atoms with Crippen LogP contribution >= 0.6 is 0 Å². The van der Waals surface area contributed by atoms with E-state index in [-0.39, 0.29) is 12.6 Å². The number of urea groups is 1. The van der Waals surface area contributed by atoms with Crippen molar-refractivity contribution in [3.63, 3.8) is 0 Å². The molecule has 5 nitrogen and oxygen atoms in total. The van der Waals surface area contributed by atoms with Crippen molar-refractivity contribution < 1.29 is 14.7 Å². The summed E-state index contributed by atoms with van der Waals surface area (Å²) >= 11 is 0. The topological polar surface area (TPSA) is 60.9 Å². The summed E-state index contributed by atoms with van der Waals surface area (Å²) in [5.41, 5.74) is -0.460. The molecule has 0 aromatic rings. The van der Waals surface area contributed by atoms with Crippen molar-refractivity contribution >= 4 is 12.0 Å². The van der Waals surface area contributed by atoms with Gasteiger partial charge in [0.15, 0.2) is 0 Å². The van der Waals surface area contributed by atoms with Crippen LogP contribution in [-0.4, -0.2) is 52.1 Å².